The number of nitrogen functional groups attached to an aromatic ring is 1. The number of hydrogen-bond acceptors (Lipinski definition) is 3. The molecule has 48 valence electrons. The van der Waals surface area contributed by atoms with E-state index in [2.05, 4.69) is 17.6 Å². The number of pyridine rings is 1. The molecule has 0 aromatic carbocycles. The molecule has 0 fully saturated rings. The van der Waals surface area contributed by atoms with E-state index in [4.69, 9.17) is 18.0 Å². The van der Waals surface area contributed by atoms with Crippen LogP contribution in [0.1, 0.15) is 0 Å². The van der Waals surface area contributed by atoms with Crippen molar-refractivity contribution >= 4 is 30.7 Å². The third kappa shape index (κ3) is 1.73. The average molecular weight is 158 g/mol. The van der Waals surface area contributed by atoms with Crippen LogP contribution in [0, 0.1) is 4.64 Å². The van der Waals surface area contributed by atoms with Crippen LogP contribution in [0.5, 0.6) is 0 Å². The molecule has 1 heterocycles. The molecule has 0 aliphatic rings. The Morgan fingerprint density at radius 2 is 2.22 bits per heavy atom. The fourth-order valence-electron chi connectivity index (χ4n) is 0.550. The summed E-state index contributed by atoms with van der Waals surface area (Å²) in [5.41, 5.74) is 5.39. The minimum Gasteiger partial charge on any atom is -0.385 e. The lowest BCUT2D eigenvalue weighted by molar-refractivity contribution is 1.25. The van der Waals surface area contributed by atoms with Crippen LogP contribution in [0.25, 0.3) is 0 Å². The number of aromatic nitrogens is 1. The highest BCUT2D eigenvalue weighted by Crippen LogP contribution is 2.07. The molecule has 9 heavy (non-hydrogen) atoms. The van der Waals surface area contributed by atoms with Crippen molar-refractivity contribution in [2.45, 2.75) is 4.90 Å². The van der Waals surface area contributed by atoms with E-state index in [0.717, 1.165) is 4.90 Å². The van der Waals surface area contributed by atoms with Gasteiger partial charge in [0.25, 0.3) is 0 Å². The Kier molecular flexibility index (Phi) is 1.78. The van der Waals surface area contributed by atoms with Crippen molar-refractivity contribution in [1.82, 2.24) is 4.98 Å². The fraction of sp³-hybridized carbons (Fsp3) is 0. The van der Waals surface area contributed by atoms with Gasteiger partial charge in [-0.3, -0.25) is 0 Å². The Morgan fingerprint density at radius 1 is 1.56 bits per heavy atom. The van der Waals surface area contributed by atoms with Gasteiger partial charge in [0, 0.05) is 4.90 Å². The molecule has 1 aromatic heterocycles. The van der Waals surface area contributed by atoms with Crippen LogP contribution in [-0.2, 0) is 0 Å². The summed E-state index contributed by atoms with van der Waals surface area (Å²) in [6.07, 6.45) is 0. The summed E-state index contributed by atoms with van der Waals surface area (Å²) in [4.78, 5) is 3.54. The molecule has 1 rings (SSSR count). The molecule has 2 nitrogen and oxygen atoms in total. The Morgan fingerprint density at radius 3 is 2.67 bits per heavy atom. The molecule has 0 atom stereocenters. The van der Waals surface area contributed by atoms with Gasteiger partial charge < -0.3 is 10.7 Å². The summed E-state index contributed by atoms with van der Waals surface area (Å²) in [5, 5.41) is 0. The van der Waals surface area contributed by atoms with Gasteiger partial charge in [-0.1, -0.05) is 12.2 Å². The van der Waals surface area contributed by atoms with Gasteiger partial charge in [-0.15, -0.1) is 12.6 Å². The van der Waals surface area contributed by atoms with Crippen molar-refractivity contribution in [2.75, 3.05) is 5.73 Å². The van der Waals surface area contributed by atoms with Crippen LogP contribution < -0.4 is 5.73 Å². The molecule has 0 amide bonds. The maximum atomic E-state index is 5.39. The van der Waals surface area contributed by atoms with Crippen molar-refractivity contribution in [1.29, 1.82) is 0 Å². The largest absolute Gasteiger partial charge is 0.385 e. The van der Waals surface area contributed by atoms with Crippen LogP contribution in [0.4, 0.5) is 5.82 Å². The van der Waals surface area contributed by atoms with Crippen LogP contribution >= 0.6 is 24.8 Å². The van der Waals surface area contributed by atoms with E-state index < -0.39 is 0 Å². The van der Waals surface area contributed by atoms with Crippen molar-refractivity contribution in [3.63, 3.8) is 0 Å². The van der Waals surface area contributed by atoms with Crippen LogP contribution in [-0.4, -0.2) is 4.98 Å². The van der Waals surface area contributed by atoms with E-state index >= 15 is 0 Å². The second-order valence-electron chi connectivity index (χ2n) is 1.66. The molecular weight excluding hydrogens is 152 g/mol. The fourth-order valence-corrected chi connectivity index (χ4v) is 1.15. The molecule has 3 N–H and O–H groups in total. The van der Waals surface area contributed by atoms with Crippen LogP contribution in [0.15, 0.2) is 17.0 Å². The summed E-state index contributed by atoms with van der Waals surface area (Å²) < 4.78 is 0.611. The van der Waals surface area contributed by atoms with Gasteiger partial charge in [-0.2, -0.15) is 0 Å². The number of nitrogens with two attached hydrogens (primary N) is 1. The van der Waals surface area contributed by atoms with E-state index in [-0.39, 0.29) is 0 Å². The monoisotopic (exact) mass is 158 g/mol. The normalized spacial score (nSPS) is 9.44. The summed E-state index contributed by atoms with van der Waals surface area (Å²) >= 11 is 8.86. The predicted molar refractivity (Wildman–Crippen MR) is 43.3 cm³/mol. The summed E-state index contributed by atoms with van der Waals surface area (Å²) in [6, 6.07) is 3.44. The minimum atomic E-state index is 0.549. The molecule has 0 aliphatic heterocycles. The summed E-state index contributed by atoms with van der Waals surface area (Å²) in [7, 11) is 0. The van der Waals surface area contributed by atoms with Crippen molar-refractivity contribution < 1.29 is 0 Å². The first-order chi connectivity index (χ1) is 4.18. The Balaban J connectivity index is 3.33. The number of H-pyrrole nitrogens is 1. The lowest BCUT2D eigenvalue weighted by Gasteiger charge is -1.92. The molecule has 4 heteroatoms. The first kappa shape index (κ1) is 6.64. The minimum absolute atomic E-state index is 0.549. The Hall–Kier alpha value is -0.480. The number of anilines is 1. The number of thiol groups is 1. The molecule has 0 spiro atoms. The number of aromatic amines is 1. The summed E-state index contributed by atoms with van der Waals surface area (Å²) in [5.74, 6) is 0.549. The average Bonchev–Trinajstić information content (AvgIpc) is 1.59. The molecule has 0 unspecified atom stereocenters. The van der Waals surface area contributed by atoms with E-state index in [1.54, 1.807) is 12.1 Å². The van der Waals surface area contributed by atoms with E-state index in [9.17, 15) is 0 Å². The second kappa shape index (κ2) is 2.41. The SMILES string of the molecule is Nc1cc(S)cc(=S)[nH]1. The van der Waals surface area contributed by atoms with E-state index in [1.165, 1.54) is 0 Å². The van der Waals surface area contributed by atoms with Gasteiger partial charge in [0.1, 0.15) is 10.5 Å². The van der Waals surface area contributed by atoms with Crippen LogP contribution in [0.3, 0.4) is 0 Å². The van der Waals surface area contributed by atoms with Crippen molar-refractivity contribution in [2.24, 2.45) is 0 Å². The highest BCUT2D eigenvalue weighted by Gasteiger charge is 1.85. The van der Waals surface area contributed by atoms with Gasteiger partial charge in [-0.05, 0) is 12.1 Å². The number of hydrogen-bond donors (Lipinski definition) is 3. The smallest absolute Gasteiger partial charge is 0.105 e. The molecular formula is C5H6N2S2. The van der Waals surface area contributed by atoms with Crippen molar-refractivity contribution in [3.8, 4) is 0 Å². The first-order valence-corrected chi connectivity index (χ1v) is 3.23. The third-order valence-corrected chi connectivity index (χ3v) is 1.33. The lowest BCUT2D eigenvalue weighted by atomic mass is 10.5. The molecule has 0 saturated heterocycles. The highest BCUT2D eigenvalue weighted by atomic mass is 32.1. The first-order valence-electron chi connectivity index (χ1n) is 2.37. The molecule has 0 aliphatic carbocycles. The Labute approximate surface area is 63.5 Å². The number of nitrogens with one attached hydrogen (secondary N) is 1. The van der Waals surface area contributed by atoms with Gasteiger partial charge >= 0.3 is 0 Å². The topological polar surface area (TPSA) is 41.8 Å². The highest BCUT2D eigenvalue weighted by molar-refractivity contribution is 7.80. The molecule has 1 aromatic rings. The standard InChI is InChI=1S/C5H6N2S2/c6-4-1-3(8)2-5(9)7-4/h1-2H,(H4,6,7,8,9). The van der Waals surface area contributed by atoms with Gasteiger partial charge in [0.05, 0.1) is 0 Å². The molecule has 0 bridgehead atoms. The van der Waals surface area contributed by atoms with Crippen molar-refractivity contribution in [3.05, 3.63) is 16.8 Å². The quantitative estimate of drug-likeness (QED) is 0.396. The van der Waals surface area contributed by atoms with Gasteiger partial charge in [0.15, 0.2) is 0 Å². The molecule has 0 radical (unpaired) electrons. The predicted octanol–water partition coefficient (Wildman–Crippen LogP) is 1.62. The lowest BCUT2D eigenvalue weighted by Crippen LogP contribution is -1.88. The zero-order valence-electron chi connectivity index (χ0n) is 4.59. The van der Waals surface area contributed by atoms with E-state index in [1.807, 2.05) is 0 Å². The second-order valence-corrected chi connectivity index (χ2v) is 2.61. The Bertz CT molecular complexity index is 243. The summed E-state index contributed by atoms with van der Waals surface area (Å²) in [6.45, 7) is 0. The van der Waals surface area contributed by atoms with Gasteiger partial charge in [-0.25, -0.2) is 0 Å². The van der Waals surface area contributed by atoms with Crippen LogP contribution in [0.2, 0.25) is 0 Å². The zero-order valence-corrected chi connectivity index (χ0v) is 6.30. The maximum Gasteiger partial charge on any atom is 0.105 e. The maximum absolute atomic E-state index is 5.39. The molecule has 0 saturated carbocycles. The zero-order chi connectivity index (χ0) is 6.85. The third-order valence-electron chi connectivity index (χ3n) is 0.850. The van der Waals surface area contributed by atoms with Gasteiger partial charge in [0.2, 0.25) is 0 Å². The number of rotatable bonds is 0. The van der Waals surface area contributed by atoms with E-state index in [0.29, 0.717) is 10.5 Å².